The van der Waals surface area contributed by atoms with Gasteiger partial charge >= 0.3 is 0 Å². The van der Waals surface area contributed by atoms with Gasteiger partial charge in [0.15, 0.2) is 0 Å². The number of rotatable bonds is 5. The molecule has 1 saturated carbocycles. The number of nitrogens with two attached hydrogens (primary N) is 1. The van der Waals surface area contributed by atoms with Gasteiger partial charge in [-0.1, -0.05) is 28.1 Å². The van der Waals surface area contributed by atoms with Crippen molar-refractivity contribution < 1.29 is 0 Å². The molecule has 16 heavy (non-hydrogen) atoms. The van der Waals surface area contributed by atoms with E-state index in [-0.39, 0.29) is 5.54 Å². The Bertz CT molecular complexity index is 361. The summed E-state index contributed by atoms with van der Waals surface area (Å²) in [5, 5.41) is 0. The van der Waals surface area contributed by atoms with Gasteiger partial charge in [-0.15, -0.1) is 0 Å². The van der Waals surface area contributed by atoms with Gasteiger partial charge in [0.25, 0.3) is 0 Å². The Morgan fingerprint density at radius 1 is 1.44 bits per heavy atom. The van der Waals surface area contributed by atoms with Gasteiger partial charge < -0.3 is 10.6 Å². The zero-order chi connectivity index (χ0) is 11.6. The van der Waals surface area contributed by atoms with Crippen LogP contribution in [-0.2, 0) is 6.42 Å². The van der Waals surface area contributed by atoms with E-state index in [2.05, 4.69) is 52.1 Å². The normalized spacial score (nSPS) is 17.8. The second-order valence-corrected chi connectivity index (χ2v) is 5.90. The Balaban J connectivity index is 1.78. The van der Waals surface area contributed by atoms with Crippen molar-refractivity contribution in [3.63, 3.8) is 0 Å². The molecule has 0 bridgehead atoms. The summed E-state index contributed by atoms with van der Waals surface area (Å²) in [6.45, 7) is 2.11. The highest BCUT2D eigenvalue weighted by Gasteiger charge is 2.38. The summed E-state index contributed by atoms with van der Waals surface area (Å²) < 4.78 is 1.16. The van der Waals surface area contributed by atoms with E-state index in [0.29, 0.717) is 0 Å². The van der Waals surface area contributed by atoms with E-state index in [1.807, 2.05) is 0 Å². The van der Waals surface area contributed by atoms with Gasteiger partial charge in [-0.05, 0) is 44.0 Å². The third-order valence-electron chi connectivity index (χ3n) is 3.15. The fourth-order valence-corrected chi connectivity index (χ4v) is 2.39. The van der Waals surface area contributed by atoms with E-state index in [4.69, 9.17) is 5.73 Å². The number of hydrogen-bond acceptors (Lipinski definition) is 2. The van der Waals surface area contributed by atoms with Gasteiger partial charge in [0.1, 0.15) is 0 Å². The summed E-state index contributed by atoms with van der Waals surface area (Å²) in [5.74, 6) is 0. The van der Waals surface area contributed by atoms with Crippen molar-refractivity contribution in [2.75, 3.05) is 20.1 Å². The molecule has 0 unspecified atom stereocenters. The quantitative estimate of drug-likeness (QED) is 0.899. The summed E-state index contributed by atoms with van der Waals surface area (Å²) in [4.78, 5) is 2.34. The zero-order valence-corrected chi connectivity index (χ0v) is 11.3. The summed E-state index contributed by atoms with van der Waals surface area (Å²) in [6, 6.07) is 8.51. The van der Waals surface area contributed by atoms with Crippen LogP contribution in [0.5, 0.6) is 0 Å². The van der Waals surface area contributed by atoms with Crippen molar-refractivity contribution in [2.45, 2.75) is 24.8 Å². The van der Waals surface area contributed by atoms with Gasteiger partial charge in [-0.25, -0.2) is 0 Å². The standard InChI is InChI=1S/C13H19BrN2/c1-16(10-13(15)6-7-13)8-5-11-3-2-4-12(14)9-11/h2-4,9H,5-8,10,15H2,1H3. The van der Waals surface area contributed by atoms with Crippen LogP contribution in [-0.4, -0.2) is 30.6 Å². The van der Waals surface area contributed by atoms with Crippen molar-refractivity contribution in [1.29, 1.82) is 0 Å². The molecule has 2 nitrogen and oxygen atoms in total. The number of nitrogens with zero attached hydrogens (tertiary/aromatic N) is 1. The molecular weight excluding hydrogens is 264 g/mol. The lowest BCUT2D eigenvalue weighted by Crippen LogP contribution is -2.38. The average Bonchev–Trinajstić information content (AvgIpc) is 2.93. The van der Waals surface area contributed by atoms with Crippen molar-refractivity contribution >= 4 is 15.9 Å². The van der Waals surface area contributed by atoms with E-state index in [9.17, 15) is 0 Å². The first kappa shape index (κ1) is 12.1. The zero-order valence-electron chi connectivity index (χ0n) is 9.75. The molecule has 0 atom stereocenters. The van der Waals surface area contributed by atoms with Crippen molar-refractivity contribution in [3.8, 4) is 0 Å². The average molecular weight is 283 g/mol. The van der Waals surface area contributed by atoms with E-state index in [1.165, 1.54) is 18.4 Å². The molecular formula is C13H19BrN2. The monoisotopic (exact) mass is 282 g/mol. The maximum absolute atomic E-state index is 6.09. The Morgan fingerprint density at radius 2 is 2.19 bits per heavy atom. The topological polar surface area (TPSA) is 29.3 Å². The molecule has 2 rings (SSSR count). The first-order chi connectivity index (χ1) is 7.57. The molecule has 0 heterocycles. The number of hydrogen-bond donors (Lipinski definition) is 1. The van der Waals surface area contributed by atoms with E-state index >= 15 is 0 Å². The van der Waals surface area contributed by atoms with Crippen LogP contribution < -0.4 is 5.73 Å². The van der Waals surface area contributed by atoms with Gasteiger partial charge in [0.05, 0.1) is 0 Å². The lowest BCUT2D eigenvalue weighted by atomic mass is 10.1. The van der Waals surface area contributed by atoms with Gasteiger partial charge in [-0.2, -0.15) is 0 Å². The highest BCUT2D eigenvalue weighted by atomic mass is 79.9. The lowest BCUT2D eigenvalue weighted by molar-refractivity contribution is 0.306. The highest BCUT2D eigenvalue weighted by molar-refractivity contribution is 9.10. The molecule has 0 radical (unpaired) electrons. The van der Waals surface area contributed by atoms with Gasteiger partial charge in [-0.3, -0.25) is 0 Å². The lowest BCUT2D eigenvalue weighted by Gasteiger charge is -2.20. The molecule has 1 fully saturated rings. The van der Waals surface area contributed by atoms with Crippen molar-refractivity contribution in [2.24, 2.45) is 5.73 Å². The molecule has 1 aliphatic carbocycles. The van der Waals surface area contributed by atoms with Crippen LogP contribution in [0, 0.1) is 0 Å². The molecule has 1 aromatic carbocycles. The smallest absolute Gasteiger partial charge is 0.0284 e. The van der Waals surface area contributed by atoms with Crippen LogP contribution in [0.15, 0.2) is 28.7 Å². The SMILES string of the molecule is CN(CCc1cccc(Br)c1)CC1(N)CC1. The first-order valence-corrected chi connectivity index (χ1v) is 6.59. The van der Waals surface area contributed by atoms with Crippen LogP contribution >= 0.6 is 15.9 Å². The predicted molar refractivity (Wildman–Crippen MR) is 71.5 cm³/mol. The number of halogens is 1. The minimum atomic E-state index is 0.131. The molecule has 0 aliphatic heterocycles. The molecule has 1 aromatic rings. The van der Waals surface area contributed by atoms with Gasteiger partial charge in [0, 0.05) is 23.1 Å². The minimum Gasteiger partial charge on any atom is -0.324 e. The Labute approximate surface area is 106 Å². The molecule has 0 amide bonds. The second kappa shape index (κ2) is 4.86. The molecule has 1 aliphatic rings. The van der Waals surface area contributed by atoms with Crippen LogP contribution in [0.4, 0.5) is 0 Å². The number of likely N-dealkylation sites (N-methyl/N-ethyl adjacent to an activating group) is 1. The Kier molecular flexibility index (Phi) is 3.67. The number of benzene rings is 1. The third-order valence-corrected chi connectivity index (χ3v) is 3.64. The molecule has 0 saturated heterocycles. The second-order valence-electron chi connectivity index (χ2n) is 4.98. The maximum atomic E-state index is 6.09. The van der Waals surface area contributed by atoms with Crippen LogP contribution in [0.1, 0.15) is 18.4 Å². The summed E-state index contributed by atoms with van der Waals surface area (Å²) >= 11 is 3.49. The van der Waals surface area contributed by atoms with E-state index < -0.39 is 0 Å². The summed E-state index contributed by atoms with van der Waals surface area (Å²) in [5.41, 5.74) is 7.60. The Hall–Kier alpha value is -0.380. The van der Waals surface area contributed by atoms with E-state index in [0.717, 1.165) is 24.0 Å². The fourth-order valence-electron chi connectivity index (χ4n) is 1.95. The Morgan fingerprint density at radius 3 is 2.81 bits per heavy atom. The van der Waals surface area contributed by atoms with Crippen LogP contribution in [0.3, 0.4) is 0 Å². The largest absolute Gasteiger partial charge is 0.324 e. The highest BCUT2D eigenvalue weighted by Crippen LogP contribution is 2.32. The maximum Gasteiger partial charge on any atom is 0.0284 e. The molecule has 2 N–H and O–H groups in total. The van der Waals surface area contributed by atoms with Crippen molar-refractivity contribution in [1.82, 2.24) is 4.90 Å². The third kappa shape index (κ3) is 3.58. The molecule has 88 valence electrons. The molecule has 0 spiro atoms. The van der Waals surface area contributed by atoms with Crippen molar-refractivity contribution in [3.05, 3.63) is 34.3 Å². The summed E-state index contributed by atoms with van der Waals surface area (Å²) in [6.07, 6.45) is 3.47. The van der Waals surface area contributed by atoms with Crippen LogP contribution in [0.2, 0.25) is 0 Å². The fraction of sp³-hybridized carbons (Fsp3) is 0.538. The first-order valence-electron chi connectivity index (χ1n) is 5.79. The van der Waals surface area contributed by atoms with E-state index in [1.54, 1.807) is 0 Å². The predicted octanol–water partition coefficient (Wildman–Crippen LogP) is 2.41. The molecule has 0 aromatic heterocycles. The molecule has 3 heteroatoms. The minimum absolute atomic E-state index is 0.131. The summed E-state index contributed by atoms with van der Waals surface area (Å²) in [7, 11) is 2.16. The van der Waals surface area contributed by atoms with Crippen LogP contribution in [0.25, 0.3) is 0 Å². The van der Waals surface area contributed by atoms with Gasteiger partial charge in [0.2, 0.25) is 0 Å².